The van der Waals surface area contributed by atoms with Crippen molar-refractivity contribution >= 4 is 11.6 Å². The zero-order chi connectivity index (χ0) is 23.9. The molecule has 0 unspecified atom stereocenters. The Morgan fingerprint density at radius 2 is 1.62 bits per heavy atom. The van der Waals surface area contributed by atoms with Crippen LogP contribution in [0.3, 0.4) is 0 Å². The van der Waals surface area contributed by atoms with Gasteiger partial charge in [-0.05, 0) is 48.9 Å². The Kier molecular flexibility index (Phi) is 6.27. The van der Waals surface area contributed by atoms with Gasteiger partial charge in [0.2, 0.25) is 0 Å². The number of nitrogens with one attached hydrogen (secondary N) is 1. The number of benzene rings is 2. The molecule has 0 aromatic heterocycles. The molecule has 174 valence electrons. The predicted octanol–water partition coefficient (Wildman–Crippen LogP) is 7.02. The summed E-state index contributed by atoms with van der Waals surface area (Å²) in [6.07, 6.45) is -9.09. The van der Waals surface area contributed by atoms with Crippen LogP contribution in [0.2, 0.25) is 0 Å². The second-order valence-corrected chi connectivity index (χ2v) is 7.90. The van der Waals surface area contributed by atoms with Gasteiger partial charge in [0.05, 0.1) is 5.56 Å². The molecule has 0 spiro atoms. The molecule has 1 aliphatic carbocycles. The Labute approximate surface area is 178 Å². The van der Waals surface area contributed by atoms with E-state index in [2.05, 4.69) is 5.32 Å². The van der Waals surface area contributed by atoms with Crippen molar-refractivity contribution in [3.63, 3.8) is 0 Å². The SMILES string of the molecule is Cc1cc(C(F)(C(F)(F)F)C(F)(F)F)ccc1NC(=O)c1cccc(CCC2CC2)c1F. The third kappa shape index (κ3) is 4.59. The number of halogens is 8. The van der Waals surface area contributed by atoms with Crippen LogP contribution < -0.4 is 5.32 Å². The van der Waals surface area contributed by atoms with Crippen LogP contribution in [-0.4, -0.2) is 18.3 Å². The fourth-order valence-electron chi connectivity index (χ4n) is 3.41. The molecule has 0 saturated heterocycles. The summed E-state index contributed by atoms with van der Waals surface area (Å²) in [6.45, 7) is 1.11. The molecule has 1 amide bonds. The molecule has 2 aromatic carbocycles. The fourth-order valence-corrected chi connectivity index (χ4v) is 3.41. The first-order valence-electron chi connectivity index (χ1n) is 9.78. The smallest absolute Gasteiger partial charge is 0.322 e. The third-order valence-corrected chi connectivity index (χ3v) is 5.50. The van der Waals surface area contributed by atoms with Crippen LogP contribution in [0.25, 0.3) is 0 Å². The zero-order valence-corrected chi connectivity index (χ0v) is 16.8. The third-order valence-electron chi connectivity index (χ3n) is 5.50. The highest BCUT2D eigenvalue weighted by Gasteiger charge is 2.73. The van der Waals surface area contributed by atoms with Gasteiger partial charge in [-0.2, -0.15) is 26.3 Å². The molecular weight excluding hydrogens is 446 g/mol. The van der Waals surface area contributed by atoms with E-state index in [0.29, 0.717) is 30.0 Å². The van der Waals surface area contributed by atoms with E-state index in [0.717, 1.165) is 32.3 Å². The average molecular weight is 465 g/mol. The van der Waals surface area contributed by atoms with Gasteiger partial charge in [-0.15, -0.1) is 0 Å². The van der Waals surface area contributed by atoms with Gasteiger partial charge in [-0.25, -0.2) is 8.78 Å². The van der Waals surface area contributed by atoms with Crippen molar-refractivity contribution in [2.45, 2.75) is 50.6 Å². The fraction of sp³-hybridized carbons (Fsp3) is 0.409. The molecule has 0 heterocycles. The summed E-state index contributed by atoms with van der Waals surface area (Å²) in [5, 5.41) is 2.26. The Hall–Kier alpha value is -2.65. The van der Waals surface area contributed by atoms with Crippen LogP contribution in [0.5, 0.6) is 0 Å². The number of hydrogen-bond donors (Lipinski definition) is 1. The molecule has 1 saturated carbocycles. The number of carbonyl (C=O) groups excluding carboxylic acids is 1. The maximum absolute atomic E-state index is 14.7. The molecule has 2 aromatic rings. The minimum atomic E-state index is -6.24. The normalized spacial score (nSPS) is 15.0. The molecule has 1 aliphatic rings. The van der Waals surface area contributed by atoms with Crippen molar-refractivity contribution in [1.82, 2.24) is 0 Å². The summed E-state index contributed by atoms with van der Waals surface area (Å²) in [4.78, 5) is 12.5. The van der Waals surface area contributed by atoms with E-state index >= 15 is 0 Å². The van der Waals surface area contributed by atoms with E-state index < -0.39 is 35.3 Å². The first-order valence-corrected chi connectivity index (χ1v) is 9.78. The molecule has 1 fully saturated rings. The van der Waals surface area contributed by atoms with Crippen LogP contribution in [0.15, 0.2) is 36.4 Å². The van der Waals surface area contributed by atoms with Crippen LogP contribution in [0.1, 0.15) is 46.3 Å². The van der Waals surface area contributed by atoms with E-state index in [1.54, 1.807) is 6.07 Å². The molecule has 10 heteroatoms. The van der Waals surface area contributed by atoms with E-state index in [4.69, 9.17) is 0 Å². The first-order chi connectivity index (χ1) is 14.8. The predicted molar refractivity (Wildman–Crippen MR) is 101 cm³/mol. The summed E-state index contributed by atoms with van der Waals surface area (Å²) in [6, 6.07) is 5.63. The number of aryl methyl sites for hydroxylation is 2. The van der Waals surface area contributed by atoms with Gasteiger partial charge in [0.15, 0.2) is 0 Å². The lowest BCUT2D eigenvalue weighted by Gasteiger charge is -2.30. The largest absolute Gasteiger partial charge is 0.435 e. The lowest BCUT2D eigenvalue weighted by atomic mass is 9.92. The number of carbonyl (C=O) groups is 1. The highest BCUT2D eigenvalue weighted by molar-refractivity contribution is 6.05. The van der Waals surface area contributed by atoms with Gasteiger partial charge in [0.25, 0.3) is 5.91 Å². The van der Waals surface area contributed by atoms with Gasteiger partial charge >= 0.3 is 18.0 Å². The topological polar surface area (TPSA) is 29.1 Å². The minimum absolute atomic E-state index is 0.173. The Morgan fingerprint density at radius 3 is 2.16 bits per heavy atom. The minimum Gasteiger partial charge on any atom is -0.322 e. The number of hydrogen-bond acceptors (Lipinski definition) is 1. The highest BCUT2D eigenvalue weighted by Crippen LogP contribution is 2.53. The highest BCUT2D eigenvalue weighted by atomic mass is 19.4. The number of alkyl halides is 7. The number of amides is 1. The van der Waals surface area contributed by atoms with Gasteiger partial charge in [-0.3, -0.25) is 4.79 Å². The van der Waals surface area contributed by atoms with Gasteiger partial charge in [-0.1, -0.05) is 37.1 Å². The molecule has 3 rings (SSSR count). The monoisotopic (exact) mass is 465 g/mol. The molecular formula is C22H19F8NO. The van der Waals surface area contributed by atoms with Crippen LogP contribution >= 0.6 is 0 Å². The number of rotatable bonds is 6. The molecule has 1 N–H and O–H groups in total. The molecule has 0 bridgehead atoms. The van der Waals surface area contributed by atoms with E-state index in [-0.39, 0.29) is 16.8 Å². The zero-order valence-electron chi connectivity index (χ0n) is 16.8. The Morgan fingerprint density at radius 1 is 1.00 bits per heavy atom. The average Bonchev–Trinajstić information content (AvgIpc) is 3.50. The van der Waals surface area contributed by atoms with Gasteiger partial charge < -0.3 is 5.32 Å². The maximum atomic E-state index is 14.7. The summed E-state index contributed by atoms with van der Waals surface area (Å²) >= 11 is 0. The summed E-state index contributed by atoms with van der Waals surface area (Å²) in [5.74, 6) is -1.12. The summed E-state index contributed by atoms with van der Waals surface area (Å²) in [5.41, 5.74) is -7.64. The molecule has 0 aliphatic heterocycles. The molecule has 0 radical (unpaired) electrons. The van der Waals surface area contributed by atoms with Crippen molar-refractivity contribution in [3.8, 4) is 0 Å². The van der Waals surface area contributed by atoms with Gasteiger partial charge in [0, 0.05) is 11.3 Å². The number of anilines is 1. The van der Waals surface area contributed by atoms with Crippen molar-refractivity contribution in [2.24, 2.45) is 5.92 Å². The molecule has 2 nitrogen and oxygen atoms in total. The second-order valence-electron chi connectivity index (χ2n) is 7.90. The van der Waals surface area contributed by atoms with E-state index in [1.165, 1.54) is 12.1 Å². The van der Waals surface area contributed by atoms with Crippen LogP contribution in [0, 0.1) is 18.7 Å². The molecule has 32 heavy (non-hydrogen) atoms. The maximum Gasteiger partial charge on any atom is 0.435 e. The van der Waals surface area contributed by atoms with Crippen LogP contribution in [-0.2, 0) is 12.1 Å². The summed E-state index contributed by atoms with van der Waals surface area (Å²) in [7, 11) is 0. The lowest BCUT2D eigenvalue weighted by Crippen LogP contribution is -2.50. The van der Waals surface area contributed by atoms with Crippen LogP contribution in [0.4, 0.5) is 40.8 Å². The van der Waals surface area contributed by atoms with Crippen molar-refractivity contribution in [3.05, 3.63) is 64.5 Å². The van der Waals surface area contributed by atoms with E-state index in [9.17, 15) is 39.9 Å². The van der Waals surface area contributed by atoms with E-state index in [1.807, 2.05) is 0 Å². The van der Waals surface area contributed by atoms with Crippen molar-refractivity contribution in [2.75, 3.05) is 5.32 Å². The summed E-state index contributed by atoms with van der Waals surface area (Å²) < 4.78 is 107. The standard InChI is InChI=1S/C22H19F8NO/c1-12-11-15(20(24,21(25,26)27)22(28,29)30)9-10-17(12)31-19(32)16-4-2-3-14(18(16)23)8-7-13-5-6-13/h2-4,9-11,13H,5-8H2,1H3,(H,31,32). The second kappa shape index (κ2) is 8.37. The van der Waals surface area contributed by atoms with Gasteiger partial charge in [0.1, 0.15) is 5.82 Å². The quantitative estimate of drug-likeness (QED) is 0.457. The van der Waals surface area contributed by atoms with Crippen molar-refractivity contribution in [1.29, 1.82) is 0 Å². The lowest BCUT2D eigenvalue weighted by molar-refractivity contribution is -0.348. The Bertz CT molecular complexity index is 994. The van der Waals surface area contributed by atoms with Crippen molar-refractivity contribution < 1.29 is 39.9 Å². The first kappa shape index (κ1) is 24.0. The molecule has 0 atom stereocenters. The Balaban J connectivity index is 1.85.